The Morgan fingerprint density at radius 2 is 2.14 bits per heavy atom. The summed E-state index contributed by atoms with van der Waals surface area (Å²) in [6, 6.07) is 12.5. The summed E-state index contributed by atoms with van der Waals surface area (Å²) >= 11 is 7.43. The first-order valence-corrected chi connectivity index (χ1v) is 8.08. The molecule has 0 spiro atoms. The average Bonchev–Trinajstić information content (AvgIpc) is 2.50. The molecule has 5 heteroatoms. The van der Waals surface area contributed by atoms with E-state index in [2.05, 4.69) is 0 Å². The van der Waals surface area contributed by atoms with Crippen molar-refractivity contribution in [3.63, 3.8) is 0 Å². The van der Waals surface area contributed by atoms with E-state index in [1.165, 1.54) is 6.07 Å². The first-order chi connectivity index (χ1) is 10.1. The Morgan fingerprint density at radius 1 is 1.33 bits per heavy atom. The zero-order valence-electron chi connectivity index (χ0n) is 11.3. The van der Waals surface area contributed by atoms with Gasteiger partial charge in [-0.1, -0.05) is 29.8 Å². The van der Waals surface area contributed by atoms with Crippen molar-refractivity contribution in [2.75, 3.05) is 5.75 Å². The van der Waals surface area contributed by atoms with Crippen LogP contribution in [0.2, 0.25) is 5.02 Å². The molecular weight excluding hydrogens is 309 g/mol. The van der Waals surface area contributed by atoms with Gasteiger partial charge >= 0.3 is 0 Å². The lowest BCUT2D eigenvalue weighted by atomic mass is 10.0. The van der Waals surface area contributed by atoms with E-state index in [0.717, 1.165) is 22.0 Å². The fraction of sp³-hybridized carbons (Fsp3) is 0.250. The largest absolute Gasteiger partial charge is 0.487 e. The molecule has 0 saturated heterocycles. The molecule has 0 bridgehead atoms. The van der Waals surface area contributed by atoms with Gasteiger partial charge in [0.25, 0.3) is 0 Å². The summed E-state index contributed by atoms with van der Waals surface area (Å²) < 4.78 is 19.4. The summed E-state index contributed by atoms with van der Waals surface area (Å²) in [5.41, 5.74) is 7.06. The molecule has 0 radical (unpaired) electrons. The Labute approximate surface area is 132 Å². The van der Waals surface area contributed by atoms with E-state index in [4.69, 9.17) is 22.1 Å². The molecule has 0 fully saturated rings. The van der Waals surface area contributed by atoms with Crippen molar-refractivity contribution in [1.82, 2.24) is 0 Å². The second-order valence-corrected chi connectivity index (χ2v) is 6.50. The van der Waals surface area contributed by atoms with E-state index in [1.54, 1.807) is 23.9 Å². The van der Waals surface area contributed by atoms with Gasteiger partial charge in [-0.25, -0.2) is 4.39 Å². The van der Waals surface area contributed by atoms with Crippen LogP contribution in [-0.4, -0.2) is 17.9 Å². The van der Waals surface area contributed by atoms with E-state index < -0.39 is 5.82 Å². The van der Waals surface area contributed by atoms with Gasteiger partial charge in [0, 0.05) is 16.7 Å². The molecule has 1 aliphatic heterocycles. The topological polar surface area (TPSA) is 35.2 Å². The van der Waals surface area contributed by atoms with Gasteiger partial charge in [0.15, 0.2) is 0 Å². The first kappa shape index (κ1) is 14.7. The van der Waals surface area contributed by atoms with Crippen LogP contribution in [0.15, 0.2) is 47.4 Å². The van der Waals surface area contributed by atoms with Crippen molar-refractivity contribution in [1.29, 1.82) is 0 Å². The Bertz CT molecular complexity index is 652. The van der Waals surface area contributed by atoms with Crippen LogP contribution >= 0.6 is 23.4 Å². The van der Waals surface area contributed by atoms with Crippen molar-refractivity contribution in [3.8, 4) is 5.75 Å². The van der Waals surface area contributed by atoms with Crippen LogP contribution in [0.1, 0.15) is 5.56 Å². The number of ether oxygens (including phenoxy) is 1. The second kappa shape index (κ2) is 6.26. The minimum absolute atomic E-state index is 0.0800. The summed E-state index contributed by atoms with van der Waals surface area (Å²) in [5, 5.41) is 0.130. The van der Waals surface area contributed by atoms with Gasteiger partial charge in [0.05, 0.1) is 5.02 Å². The fourth-order valence-electron chi connectivity index (χ4n) is 2.32. The second-order valence-electron chi connectivity index (χ2n) is 5.03. The molecule has 0 aromatic heterocycles. The van der Waals surface area contributed by atoms with Crippen LogP contribution in [-0.2, 0) is 6.42 Å². The van der Waals surface area contributed by atoms with Crippen molar-refractivity contribution in [2.24, 2.45) is 5.73 Å². The monoisotopic (exact) mass is 323 g/mol. The van der Waals surface area contributed by atoms with Crippen molar-refractivity contribution < 1.29 is 9.13 Å². The Morgan fingerprint density at radius 3 is 2.95 bits per heavy atom. The Balaban J connectivity index is 1.69. The molecule has 21 heavy (non-hydrogen) atoms. The molecule has 2 atom stereocenters. The number of hydrogen-bond donors (Lipinski definition) is 1. The highest BCUT2D eigenvalue weighted by atomic mass is 35.5. The lowest BCUT2D eigenvalue weighted by Crippen LogP contribution is -2.43. The van der Waals surface area contributed by atoms with Crippen molar-refractivity contribution in [3.05, 3.63) is 58.9 Å². The number of halogens is 2. The summed E-state index contributed by atoms with van der Waals surface area (Å²) in [6.07, 6.45) is 0.477. The highest BCUT2D eigenvalue weighted by Gasteiger charge is 2.25. The maximum Gasteiger partial charge on any atom is 0.142 e. The van der Waals surface area contributed by atoms with Gasteiger partial charge in [-0.05, 0) is 36.2 Å². The zero-order valence-corrected chi connectivity index (χ0v) is 12.8. The van der Waals surface area contributed by atoms with Gasteiger partial charge in [0.1, 0.15) is 17.7 Å². The maximum absolute atomic E-state index is 13.5. The number of thioether (sulfide) groups is 1. The smallest absolute Gasteiger partial charge is 0.142 e. The summed E-state index contributed by atoms with van der Waals surface area (Å²) in [6.45, 7) is 0. The van der Waals surface area contributed by atoms with Crippen molar-refractivity contribution >= 4 is 23.4 Å². The van der Waals surface area contributed by atoms with Gasteiger partial charge < -0.3 is 10.5 Å². The molecule has 2 nitrogen and oxygen atoms in total. The van der Waals surface area contributed by atoms with Crippen LogP contribution in [0.5, 0.6) is 5.75 Å². The van der Waals surface area contributed by atoms with Crippen LogP contribution in [0.3, 0.4) is 0 Å². The maximum atomic E-state index is 13.5. The lowest BCUT2D eigenvalue weighted by Gasteiger charge is -2.29. The molecule has 2 aromatic rings. The summed E-state index contributed by atoms with van der Waals surface area (Å²) in [7, 11) is 0. The van der Waals surface area contributed by atoms with E-state index in [0.29, 0.717) is 6.42 Å². The number of hydrogen-bond acceptors (Lipinski definition) is 3. The lowest BCUT2D eigenvalue weighted by molar-refractivity contribution is 0.184. The molecule has 3 rings (SSSR count). The normalized spacial score (nSPS) is 18.7. The molecule has 1 heterocycles. The molecule has 0 saturated carbocycles. The van der Waals surface area contributed by atoms with Crippen LogP contribution in [0, 0.1) is 5.82 Å². The number of rotatable bonds is 3. The molecule has 0 aliphatic carbocycles. The van der Waals surface area contributed by atoms with Crippen LogP contribution in [0.25, 0.3) is 0 Å². The third-order valence-corrected chi connectivity index (χ3v) is 4.91. The van der Waals surface area contributed by atoms with E-state index in [-0.39, 0.29) is 17.2 Å². The minimum Gasteiger partial charge on any atom is -0.487 e. The number of benzene rings is 2. The SMILES string of the molecule is NC(Cc1ccc(Cl)c(F)c1)C1CSc2ccccc2O1. The molecule has 2 unspecified atom stereocenters. The third-order valence-electron chi connectivity index (χ3n) is 3.46. The Kier molecular flexibility index (Phi) is 4.38. The number of fused-ring (bicyclic) bond motifs is 1. The predicted molar refractivity (Wildman–Crippen MR) is 84.7 cm³/mol. The van der Waals surface area contributed by atoms with E-state index in [1.807, 2.05) is 24.3 Å². The predicted octanol–water partition coefficient (Wildman–Crippen LogP) is 3.90. The fourth-order valence-corrected chi connectivity index (χ4v) is 3.53. The highest BCUT2D eigenvalue weighted by molar-refractivity contribution is 7.99. The standard InChI is InChI=1S/C16H15ClFNOS/c17-11-6-5-10(7-12(11)18)8-13(19)15-9-21-16-4-2-1-3-14(16)20-15/h1-7,13,15H,8-9,19H2. The van der Waals surface area contributed by atoms with E-state index in [9.17, 15) is 4.39 Å². The van der Waals surface area contributed by atoms with Crippen molar-refractivity contribution in [2.45, 2.75) is 23.5 Å². The van der Waals surface area contributed by atoms with Gasteiger partial charge in [-0.15, -0.1) is 11.8 Å². The van der Waals surface area contributed by atoms with Crippen LogP contribution in [0.4, 0.5) is 4.39 Å². The molecule has 1 aliphatic rings. The quantitative estimate of drug-likeness (QED) is 0.930. The third kappa shape index (κ3) is 3.34. The van der Waals surface area contributed by atoms with Gasteiger partial charge in [0.2, 0.25) is 0 Å². The van der Waals surface area contributed by atoms with E-state index >= 15 is 0 Å². The van der Waals surface area contributed by atoms with Gasteiger partial charge in [-0.3, -0.25) is 0 Å². The zero-order chi connectivity index (χ0) is 14.8. The molecule has 2 aromatic carbocycles. The first-order valence-electron chi connectivity index (χ1n) is 6.71. The number of nitrogens with two attached hydrogens (primary N) is 1. The average molecular weight is 324 g/mol. The molecule has 0 amide bonds. The van der Waals surface area contributed by atoms with Crippen LogP contribution < -0.4 is 10.5 Å². The molecular formula is C16H15ClFNOS. The molecule has 2 N–H and O–H groups in total. The minimum atomic E-state index is -0.411. The number of para-hydroxylation sites is 1. The van der Waals surface area contributed by atoms with Gasteiger partial charge in [-0.2, -0.15) is 0 Å². The summed E-state index contributed by atoms with van der Waals surface area (Å²) in [5.74, 6) is 1.26. The summed E-state index contributed by atoms with van der Waals surface area (Å²) in [4.78, 5) is 1.14. The Hall–Kier alpha value is -1.23. The molecule has 110 valence electrons. The highest BCUT2D eigenvalue weighted by Crippen LogP contribution is 2.35.